The van der Waals surface area contributed by atoms with Gasteiger partial charge in [-0.15, -0.1) is 10.2 Å². The van der Waals surface area contributed by atoms with E-state index in [1.165, 1.54) is 11.8 Å². The molecule has 7 heteroatoms. The van der Waals surface area contributed by atoms with E-state index in [4.69, 9.17) is 11.6 Å². The van der Waals surface area contributed by atoms with Crippen molar-refractivity contribution in [3.8, 4) is 5.69 Å². The summed E-state index contributed by atoms with van der Waals surface area (Å²) in [6.45, 7) is 7.93. The topological polar surface area (TPSA) is 52.7 Å². The molecule has 1 saturated carbocycles. The fourth-order valence-electron chi connectivity index (χ4n) is 3.61. The van der Waals surface area contributed by atoms with Crippen LogP contribution in [0.1, 0.15) is 53.4 Å². The normalized spacial score (nSPS) is 15.0. The molecule has 1 atom stereocenters. The summed E-state index contributed by atoms with van der Waals surface area (Å²) in [5.41, 5.74) is 3.72. The predicted octanol–water partition coefficient (Wildman–Crippen LogP) is 5.35. The van der Waals surface area contributed by atoms with Crippen LogP contribution in [-0.2, 0) is 0 Å². The Kier molecular flexibility index (Phi) is 5.10. The quantitative estimate of drug-likeness (QED) is 0.403. The summed E-state index contributed by atoms with van der Waals surface area (Å²) in [5, 5.41) is 9.81. The average Bonchev–Trinajstić information content (AvgIpc) is 3.37. The molecule has 0 N–H and O–H groups in total. The van der Waals surface area contributed by atoms with Gasteiger partial charge in [-0.2, -0.15) is 0 Å². The van der Waals surface area contributed by atoms with Gasteiger partial charge in [-0.25, -0.2) is 0 Å². The maximum absolute atomic E-state index is 13.2. The van der Waals surface area contributed by atoms with Crippen LogP contribution >= 0.6 is 23.4 Å². The molecule has 28 heavy (non-hydrogen) atoms. The number of hydrogen-bond acceptors (Lipinski definition) is 4. The largest absolute Gasteiger partial charge is 0.318 e. The Bertz CT molecular complexity index is 1030. The molecule has 1 aromatic carbocycles. The first kappa shape index (κ1) is 19.3. The van der Waals surface area contributed by atoms with Crippen molar-refractivity contribution < 1.29 is 4.79 Å². The van der Waals surface area contributed by atoms with E-state index in [0.29, 0.717) is 11.1 Å². The minimum absolute atomic E-state index is 0.112. The van der Waals surface area contributed by atoms with Crippen LogP contribution in [0.4, 0.5) is 0 Å². The molecule has 5 nitrogen and oxygen atoms in total. The van der Waals surface area contributed by atoms with Gasteiger partial charge in [0.25, 0.3) is 0 Å². The number of rotatable bonds is 6. The zero-order chi connectivity index (χ0) is 20.0. The summed E-state index contributed by atoms with van der Waals surface area (Å²) in [5.74, 6) is 1.03. The molecule has 1 fully saturated rings. The molecule has 2 heterocycles. The van der Waals surface area contributed by atoms with Crippen LogP contribution in [0.15, 0.2) is 35.5 Å². The second kappa shape index (κ2) is 7.41. The SMILES string of the molecule is Cc1cc(C(=O)C(C)Sc2nnc(C)n2C2CC2)c(C)n1-c1ccc(Cl)cc1. The van der Waals surface area contributed by atoms with Crippen LogP contribution in [0.5, 0.6) is 0 Å². The van der Waals surface area contributed by atoms with Crippen molar-refractivity contribution in [1.29, 1.82) is 0 Å². The molecule has 4 rings (SSSR count). The van der Waals surface area contributed by atoms with Gasteiger partial charge in [0.15, 0.2) is 10.9 Å². The summed E-state index contributed by atoms with van der Waals surface area (Å²) >= 11 is 7.51. The number of thioether (sulfide) groups is 1. The molecule has 0 saturated heterocycles. The number of Topliss-reactive ketones (excluding diaryl/α,β-unsaturated/α-hetero) is 1. The number of carbonyl (C=O) groups excluding carboxylic acids is 1. The first-order valence-electron chi connectivity index (χ1n) is 9.44. The maximum Gasteiger partial charge on any atom is 0.192 e. The lowest BCUT2D eigenvalue weighted by atomic mass is 10.1. The monoisotopic (exact) mass is 414 g/mol. The van der Waals surface area contributed by atoms with E-state index in [0.717, 1.165) is 46.5 Å². The highest BCUT2D eigenvalue weighted by molar-refractivity contribution is 8.00. The third-order valence-electron chi connectivity index (χ3n) is 5.18. The molecule has 2 aromatic heterocycles. The van der Waals surface area contributed by atoms with Gasteiger partial charge in [0, 0.05) is 33.7 Å². The van der Waals surface area contributed by atoms with E-state index in [9.17, 15) is 4.79 Å². The van der Waals surface area contributed by atoms with E-state index >= 15 is 0 Å². The number of halogens is 1. The second-order valence-corrected chi connectivity index (χ2v) is 9.10. The second-order valence-electron chi connectivity index (χ2n) is 7.35. The maximum atomic E-state index is 13.2. The Labute approximate surface area is 174 Å². The van der Waals surface area contributed by atoms with Gasteiger partial charge in [0.2, 0.25) is 0 Å². The van der Waals surface area contributed by atoms with E-state index < -0.39 is 0 Å². The number of benzene rings is 1. The molecule has 1 aliphatic carbocycles. The third kappa shape index (κ3) is 3.51. The summed E-state index contributed by atoms with van der Waals surface area (Å²) in [4.78, 5) is 13.2. The van der Waals surface area contributed by atoms with Gasteiger partial charge in [-0.1, -0.05) is 23.4 Å². The van der Waals surface area contributed by atoms with Crippen molar-refractivity contribution in [3.63, 3.8) is 0 Å². The highest BCUT2D eigenvalue weighted by atomic mass is 35.5. The molecule has 0 aliphatic heterocycles. The van der Waals surface area contributed by atoms with E-state index in [1.807, 2.05) is 58.0 Å². The van der Waals surface area contributed by atoms with Crippen LogP contribution in [0.2, 0.25) is 5.02 Å². The zero-order valence-electron chi connectivity index (χ0n) is 16.4. The van der Waals surface area contributed by atoms with Crippen molar-refractivity contribution >= 4 is 29.1 Å². The van der Waals surface area contributed by atoms with Gasteiger partial charge in [-0.3, -0.25) is 4.79 Å². The lowest BCUT2D eigenvalue weighted by Gasteiger charge is -2.13. The highest BCUT2D eigenvalue weighted by Gasteiger charge is 2.30. The Morgan fingerprint density at radius 1 is 1.18 bits per heavy atom. The number of ketones is 1. The van der Waals surface area contributed by atoms with Gasteiger partial charge in [0.05, 0.1) is 5.25 Å². The summed E-state index contributed by atoms with van der Waals surface area (Å²) < 4.78 is 4.27. The number of hydrogen-bond donors (Lipinski definition) is 0. The standard InChI is InChI=1S/C21H23ClN4OS/c1-12-11-19(13(2)25(12)17-7-5-16(22)6-8-17)20(27)14(3)28-21-24-23-15(4)26(21)18-9-10-18/h5-8,11,14,18H,9-10H2,1-4H3. The molecule has 1 aliphatic rings. The molecule has 0 spiro atoms. The number of aryl methyl sites for hydroxylation is 2. The summed E-state index contributed by atoms with van der Waals surface area (Å²) in [6, 6.07) is 10.1. The van der Waals surface area contributed by atoms with Crippen LogP contribution < -0.4 is 0 Å². The Morgan fingerprint density at radius 3 is 2.50 bits per heavy atom. The fraction of sp³-hybridized carbons (Fsp3) is 0.381. The minimum atomic E-state index is -0.236. The average molecular weight is 415 g/mol. The number of nitrogens with zero attached hydrogens (tertiary/aromatic N) is 4. The summed E-state index contributed by atoms with van der Waals surface area (Å²) in [7, 11) is 0. The van der Waals surface area contributed by atoms with Crippen molar-refractivity contribution in [2.24, 2.45) is 0 Å². The zero-order valence-corrected chi connectivity index (χ0v) is 18.0. The number of aromatic nitrogens is 4. The van der Waals surface area contributed by atoms with Crippen LogP contribution in [0.3, 0.4) is 0 Å². The van der Waals surface area contributed by atoms with Crippen LogP contribution in [0.25, 0.3) is 5.69 Å². The molecule has 3 aromatic rings. The predicted molar refractivity (Wildman–Crippen MR) is 113 cm³/mol. The highest BCUT2D eigenvalue weighted by Crippen LogP contribution is 2.39. The Balaban J connectivity index is 1.60. The molecule has 1 unspecified atom stereocenters. The first-order valence-corrected chi connectivity index (χ1v) is 10.7. The van der Waals surface area contributed by atoms with E-state index in [-0.39, 0.29) is 11.0 Å². The van der Waals surface area contributed by atoms with Gasteiger partial charge in [-0.05, 0) is 70.9 Å². The van der Waals surface area contributed by atoms with Gasteiger partial charge < -0.3 is 9.13 Å². The van der Waals surface area contributed by atoms with Crippen molar-refractivity contribution in [3.05, 3.63) is 58.1 Å². The van der Waals surface area contributed by atoms with Crippen LogP contribution in [-0.4, -0.2) is 30.4 Å². The Hall–Kier alpha value is -2.05. The van der Waals surface area contributed by atoms with Gasteiger partial charge in [0.1, 0.15) is 5.82 Å². The molecule has 146 valence electrons. The Morgan fingerprint density at radius 2 is 1.86 bits per heavy atom. The van der Waals surface area contributed by atoms with Crippen molar-refractivity contribution in [2.45, 2.75) is 57.0 Å². The first-order chi connectivity index (χ1) is 13.4. The minimum Gasteiger partial charge on any atom is -0.318 e. The molecule has 0 bridgehead atoms. The van der Waals surface area contributed by atoms with Crippen molar-refractivity contribution in [1.82, 2.24) is 19.3 Å². The fourth-order valence-corrected chi connectivity index (χ4v) is 4.77. The van der Waals surface area contributed by atoms with E-state index in [2.05, 4.69) is 19.3 Å². The van der Waals surface area contributed by atoms with E-state index in [1.54, 1.807) is 0 Å². The van der Waals surface area contributed by atoms with Crippen molar-refractivity contribution in [2.75, 3.05) is 0 Å². The summed E-state index contributed by atoms with van der Waals surface area (Å²) in [6.07, 6.45) is 2.33. The smallest absolute Gasteiger partial charge is 0.192 e. The lowest BCUT2D eigenvalue weighted by molar-refractivity contribution is 0.0993. The lowest BCUT2D eigenvalue weighted by Crippen LogP contribution is -2.15. The number of carbonyl (C=O) groups is 1. The van der Waals surface area contributed by atoms with Crippen LogP contribution in [0, 0.1) is 20.8 Å². The molecular weight excluding hydrogens is 392 g/mol. The molecule has 0 radical (unpaired) electrons. The third-order valence-corrected chi connectivity index (χ3v) is 6.49. The molecular formula is C21H23ClN4OS. The molecule has 0 amide bonds. The van der Waals surface area contributed by atoms with Gasteiger partial charge >= 0.3 is 0 Å².